The topological polar surface area (TPSA) is 115 Å². The zero-order valence-electron chi connectivity index (χ0n) is 38.1. The maximum Gasteiger partial charge on any atom is 0.346 e. The standard InChI is InChI=1S/C55H50F2O10/c1-31-19-41-43(23-47(31)66-51(58)39-17-11-35(21-45(39)56)33-7-13-37(14-8-33)62-29-64-49-25-60-49)55(27-53(41,3)4)28-54(5,6)42-20-32(2)48(24-44(42)55)67-52(59)40-18-12-36(22-46(40)57)34-9-15-38(16-10-34)63-30-65-50-26-61-50/h7-24,49-50H,25-30H2,1-6H3. The molecule has 2 heterocycles. The number of hydrogen-bond donors (Lipinski definition) is 0. The van der Waals surface area contributed by atoms with Crippen molar-refractivity contribution in [3.8, 4) is 45.3 Å². The molecule has 0 radical (unpaired) electrons. The monoisotopic (exact) mass is 908 g/mol. The molecule has 10 rings (SSSR count). The van der Waals surface area contributed by atoms with Crippen molar-refractivity contribution in [1.29, 1.82) is 0 Å². The summed E-state index contributed by atoms with van der Waals surface area (Å²) in [6, 6.07) is 31.2. The molecule has 2 aliphatic carbocycles. The molecule has 0 saturated carbocycles. The maximum atomic E-state index is 15.8. The molecule has 2 aliphatic heterocycles. The Balaban J connectivity index is 0.886. The summed E-state index contributed by atoms with van der Waals surface area (Å²) in [6.45, 7) is 13.8. The smallest absolute Gasteiger partial charge is 0.346 e. The van der Waals surface area contributed by atoms with E-state index < -0.39 is 29.0 Å². The number of aryl methyl sites for hydroxylation is 2. The Morgan fingerprint density at radius 1 is 0.537 bits per heavy atom. The van der Waals surface area contributed by atoms with Crippen LogP contribution in [-0.2, 0) is 35.2 Å². The fourth-order valence-corrected chi connectivity index (χ4v) is 9.94. The molecule has 0 amide bonds. The fourth-order valence-electron chi connectivity index (χ4n) is 9.94. The van der Waals surface area contributed by atoms with Crippen molar-refractivity contribution in [2.45, 2.75) is 83.2 Å². The third-order valence-electron chi connectivity index (χ3n) is 13.3. The first kappa shape index (κ1) is 44.4. The van der Waals surface area contributed by atoms with Gasteiger partial charge in [-0.2, -0.15) is 0 Å². The highest BCUT2D eigenvalue weighted by atomic mass is 19.1. The lowest BCUT2D eigenvalue weighted by molar-refractivity contribution is -0.0344. The summed E-state index contributed by atoms with van der Waals surface area (Å²) in [5, 5.41) is 0. The summed E-state index contributed by atoms with van der Waals surface area (Å²) >= 11 is 0. The van der Waals surface area contributed by atoms with Gasteiger partial charge in [0.1, 0.15) is 47.8 Å². The van der Waals surface area contributed by atoms with Crippen LogP contribution >= 0.6 is 0 Å². The van der Waals surface area contributed by atoms with Crippen LogP contribution in [-0.4, -0.2) is 51.3 Å². The predicted molar refractivity (Wildman–Crippen MR) is 245 cm³/mol. The molecular formula is C55H50F2O10. The number of hydrogen-bond acceptors (Lipinski definition) is 10. The van der Waals surface area contributed by atoms with E-state index in [-0.39, 0.29) is 48.1 Å². The number of rotatable bonds is 14. The summed E-state index contributed by atoms with van der Waals surface area (Å²) in [6.07, 6.45) is 1.05. The van der Waals surface area contributed by atoms with E-state index in [9.17, 15) is 9.59 Å². The van der Waals surface area contributed by atoms with Crippen LogP contribution in [0.1, 0.15) is 94.6 Å². The van der Waals surface area contributed by atoms with E-state index in [0.29, 0.717) is 47.3 Å². The third kappa shape index (κ3) is 8.82. The van der Waals surface area contributed by atoms with Crippen LogP contribution in [0, 0.1) is 25.5 Å². The number of carbonyl (C=O) groups excluding carboxylic acids is 2. The predicted octanol–water partition coefficient (Wildman–Crippen LogP) is 11.4. The summed E-state index contributed by atoms with van der Waals surface area (Å²) in [7, 11) is 0. The molecule has 12 heteroatoms. The molecule has 2 atom stereocenters. The van der Waals surface area contributed by atoms with Crippen LogP contribution in [0.25, 0.3) is 22.3 Å². The Labute approximate surface area is 387 Å². The van der Waals surface area contributed by atoms with E-state index in [0.717, 1.165) is 57.3 Å². The van der Waals surface area contributed by atoms with Crippen LogP contribution < -0.4 is 18.9 Å². The van der Waals surface area contributed by atoms with Crippen molar-refractivity contribution in [2.24, 2.45) is 0 Å². The minimum Gasteiger partial charge on any atom is -0.467 e. The van der Waals surface area contributed by atoms with Crippen LogP contribution in [0.2, 0.25) is 0 Å². The van der Waals surface area contributed by atoms with Gasteiger partial charge in [0, 0.05) is 5.41 Å². The Morgan fingerprint density at radius 3 is 1.27 bits per heavy atom. The highest BCUT2D eigenvalue weighted by molar-refractivity contribution is 5.93. The molecule has 4 aliphatic rings. The van der Waals surface area contributed by atoms with E-state index in [4.69, 9.17) is 37.9 Å². The van der Waals surface area contributed by atoms with Gasteiger partial charge >= 0.3 is 11.9 Å². The van der Waals surface area contributed by atoms with Crippen molar-refractivity contribution in [2.75, 3.05) is 26.8 Å². The van der Waals surface area contributed by atoms with Gasteiger partial charge in [-0.1, -0.05) is 76.2 Å². The molecule has 2 fully saturated rings. The molecule has 0 N–H and O–H groups in total. The van der Waals surface area contributed by atoms with Crippen molar-refractivity contribution < 1.29 is 56.3 Å². The van der Waals surface area contributed by atoms with Gasteiger partial charge in [-0.3, -0.25) is 0 Å². The first-order valence-corrected chi connectivity index (χ1v) is 22.3. The van der Waals surface area contributed by atoms with E-state index in [2.05, 4.69) is 39.8 Å². The number of esters is 2. The second-order valence-electron chi connectivity index (χ2n) is 19.1. The number of benzene rings is 6. The van der Waals surface area contributed by atoms with Crippen LogP contribution in [0.3, 0.4) is 0 Å². The Kier molecular flexibility index (Phi) is 11.3. The SMILES string of the molecule is Cc1cc2c(cc1OC(=O)c1ccc(-c3ccc(OCOC4CO4)cc3)cc1F)C1(CC2(C)C)CC(C)(C)c2cc(C)c(OC(=O)c3ccc(-c4ccc(OCOC5CO5)cc4)cc3F)cc21. The van der Waals surface area contributed by atoms with Gasteiger partial charge in [0.15, 0.2) is 26.2 Å². The van der Waals surface area contributed by atoms with Crippen LogP contribution in [0.5, 0.6) is 23.0 Å². The molecule has 6 aromatic rings. The highest BCUT2D eigenvalue weighted by Gasteiger charge is 2.57. The molecule has 10 nitrogen and oxygen atoms in total. The summed E-state index contributed by atoms with van der Waals surface area (Å²) in [5.74, 6) is -1.19. The number of ether oxygens (including phenoxy) is 8. The third-order valence-corrected chi connectivity index (χ3v) is 13.3. The van der Waals surface area contributed by atoms with Gasteiger partial charge < -0.3 is 37.9 Å². The molecule has 0 aromatic heterocycles. The van der Waals surface area contributed by atoms with Crippen molar-refractivity contribution >= 4 is 11.9 Å². The Morgan fingerprint density at radius 2 is 0.910 bits per heavy atom. The number of carbonyl (C=O) groups is 2. The molecule has 0 bridgehead atoms. The van der Waals surface area contributed by atoms with Gasteiger partial charge in [0.2, 0.25) is 0 Å². The number of halogens is 2. The summed E-state index contributed by atoms with van der Waals surface area (Å²) in [4.78, 5) is 27.5. The lowest BCUT2D eigenvalue weighted by Crippen LogP contribution is -2.27. The average Bonchev–Trinajstić information content (AvgIpc) is 4.24. The fraction of sp³-hybridized carbons (Fsp3) is 0.309. The molecule has 2 unspecified atom stereocenters. The van der Waals surface area contributed by atoms with Gasteiger partial charge in [-0.05, 0) is 154 Å². The second-order valence-corrected chi connectivity index (χ2v) is 19.1. The molecule has 67 heavy (non-hydrogen) atoms. The van der Waals surface area contributed by atoms with Crippen LogP contribution in [0.15, 0.2) is 109 Å². The normalized spacial score (nSPS) is 20.2. The van der Waals surface area contributed by atoms with E-state index in [1.807, 2.05) is 26.0 Å². The first-order valence-electron chi connectivity index (χ1n) is 22.3. The van der Waals surface area contributed by atoms with Gasteiger partial charge in [-0.15, -0.1) is 0 Å². The van der Waals surface area contributed by atoms with Gasteiger partial charge in [0.05, 0.1) is 11.1 Å². The van der Waals surface area contributed by atoms with E-state index in [1.54, 1.807) is 60.7 Å². The van der Waals surface area contributed by atoms with Crippen molar-refractivity contribution in [3.05, 3.63) is 165 Å². The minimum absolute atomic E-state index is 0.0605. The zero-order valence-corrected chi connectivity index (χ0v) is 38.1. The lowest BCUT2D eigenvalue weighted by atomic mass is 9.72. The number of fused-ring (bicyclic) bond motifs is 4. The lowest BCUT2D eigenvalue weighted by Gasteiger charge is -2.31. The van der Waals surface area contributed by atoms with Crippen molar-refractivity contribution in [3.63, 3.8) is 0 Å². The van der Waals surface area contributed by atoms with Crippen molar-refractivity contribution in [1.82, 2.24) is 0 Å². The maximum absolute atomic E-state index is 15.8. The second kappa shape index (κ2) is 17.0. The minimum atomic E-state index is -0.812. The van der Waals surface area contributed by atoms with E-state index in [1.165, 1.54) is 24.3 Å². The Hall–Kier alpha value is -6.44. The summed E-state index contributed by atoms with van der Waals surface area (Å²) in [5.41, 5.74) is 6.86. The Bertz CT molecular complexity index is 2720. The molecule has 2 saturated heterocycles. The largest absolute Gasteiger partial charge is 0.467 e. The molecule has 6 aromatic carbocycles. The molecular weight excluding hydrogens is 859 g/mol. The molecule has 344 valence electrons. The van der Waals surface area contributed by atoms with Gasteiger partial charge in [0.25, 0.3) is 0 Å². The highest BCUT2D eigenvalue weighted by Crippen LogP contribution is 2.64. The van der Waals surface area contributed by atoms with Crippen LogP contribution in [0.4, 0.5) is 8.78 Å². The summed E-state index contributed by atoms with van der Waals surface area (Å²) < 4.78 is 75.5. The first-order chi connectivity index (χ1) is 32.1. The zero-order chi connectivity index (χ0) is 46.8. The van der Waals surface area contributed by atoms with E-state index >= 15 is 8.78 Å². The van der Waals surface area contributed by atoms with Gasteiger partial charge in [-0.25, -0.2) is 18.4 Å². The average molecular weight is 909 g/mol. The quantitative estimate of drug-likeness (QED) is 0.0453. The molecule has 1 spiro atoms. The number of epoxide rings is 2.